The number of benzene rings is 5. The van der Waals surface area contributed by atoms with E-state index < -0.39 is 23.3 Å². The van der Waals surface area contributed by atoms with Crippen molar-refractivity contribution in [2.45, 2.75) is 0 Å². The Kier molecular flexibility index (Phi) is 6.41. The molecule has 0 amide bonds. The highest BCUT2D eigenvalue weighted by atomic mass is 19.1. The Bertz CT molecular complexity index is 1300. The van der Waals surface area contributed by atoms with Crippen LogP contribution in [0.1, 0.15) is 0 Å². The topological polar surface area (TPSA) is 6.48 Å². The molecule has 0 atom stereocenters. The van der Waals surface area contributed by atoms with Crippen molar-refractivity contribution in [3.05, 3.63) is 145 Å². The fourth-order valence-electron chi connectivity index (χ4n) is 4.11. The molecule has 2 nitrogen and oxygen atoms in total. The molecular weight excluding hydrogens is 464 g/mol. The van der Waals surface area contributed by atoms with E-state index in [1.54, 1.807) is 82.6 Å². The minimum Gasteiger partial charge on any atom is -0.310 e. The smallest absolute Gasteiger partial charge is 0.125 e. The van der Waals surface area contributed by atoms with Gasteiger partial charge in [0.2, 0.25) is 0 Å². The van der Waals surface area contributed by atoms with E-state index in [0.29, 0.717) is 34.1 Å². The summed E-state index contributed by atoms with van der Waals surface area (Å²) in [4.78, 5) is 3.45. The highest BCUT2D eigenvalue weighted by Crippen LogP contribution is 2.39. The van der Waals surface area contributed by atoms with E-state index in [2.05, 4.69) is 0 Å². The summed E-state index contributed by atoms with van der Waals surface area (Å²) in [6, 6.07) is 31.2. The molecular formula is C30H20F4N2. The van der Waals surface area contributed by atoms with Crippen molar-refractivity contribution in [1.82, 2.24) is 0 Å². The normalized spacial score (nSPS) is 10.8. The van der Waals surface area contributed by atoms with Gasteiger partial charge < -0.3 is 9.80 Å². The van der Waals surface area contributed by atoms with E-state index in [4.69, 9.17) is 0 Å². The third-order valence-corrected chi connectivity index (χ3v) is 5.63. The Morgan fingerprint density at radius 2 is 0.556 bits per heavy atom. The van der Waals surface area contributed by atoms with E-state index in [1.807, 2.05) is 0 Å². The molecule has 0 aliphatic rings. The van der Waals surface area contributed by atoms with Crippen molar-refractivity contribution < 1.29 is 17.6 Å². The van der Waals surface area contributed by atoms with Crippen molar-refractivity contribution >= 4 is 34.1 Å². The summed E-state index contributed by atoms with van der Waals surface area (Å²) < 4.78 is 56.3. The van der Waals surface area contributed by atoms with E-state index in [-0.39, 0.29) is 0 Å². The number of halogens is 4. The van der Waals surface area contributed by atoms with Gasteiger partial charge >= 0.3 is 0 Å². The number of anilines is 6. The molecule has 0 radical (unpaired) electrons. The average molecular weight is 484 g/mol. The molecule has 0 spiro atoms. The second kappa shape index (κ2) is 9.96. The van der Waals surface area contributed by atoms with Gasteiger partial charge in [-0.2, -0.15) is 0 Å². The number of hydrogen-bond acceptors (Lipinski definition) is 2. The molecule has 0 aromatic heterocycles. The SMILES string of the molecule is Fc1cccc(N(c2ccc(N(c3cccc(F)c3)c3cccc(F)c3)cc2)c2cccc(F)c2)c1. The quantitative estimate of drug-likeness (QED) is 0.222. The monoisotopic (exact) mass is 484 g/mol. The maximum Gasteiger partial charge on any atom is 0.125 e. The minimum absolute atomic E-state index is 0.422. The van der Waals surface area contributed by atoms with Crippen molar-refractivity contribution in [1.29, 1.82) is 0 Å². The van der Waals surface area contributed by atoms with Crippen LogP contribution in [0.25, 0.3) is 0 Å². The summed E-state index contributed by atoms with van der Waals surface area (Å²) in [5.41, 5.74) is 3.35. The predicted octanol–water partition coefficient (Wildman–Crippen LogP) is 9.18. The summed E-state index contributed by atoms with van der Waals surface area (Å²) in [5, 5.41) is 0. The van der Waals surface area contributed by atoms with Gasteiger partial charge in [0, 0.05) is 34.1 Å². The standard InChI is InChI=1S/C30H20F4N2/c31-21-5-1-9-27(17-21)35(28-10-2-6-22(32)18-28)25-13-15-26(16-14-25)36(29-11-3-7-23(33)19-29)30-12-4-8-24(34)20-30/h1-20H. The van der Waals surface area contributed by atoms with E-state index >= 15 is 0 Å². The van der Waals surface area contributed by atoms with Crippen molar-refractivity contribution in [2.24, 2.45) is 0 Å². The maximum atomic E-state index is 14.1. The zero-order chi connectivity index (χ0) is 25.1. The molecule has 5 aromatic carbocycles. The van der Waals surface area contributed by atoms with Crippen LogP contribution in [-0.4, -0.2) is 0 Å². The third-order valence-electron chi connectivity index (χ3n) is 5.63. The van der Waals surface area contributed by atoms with Crippen molar-refractivity contribution in [3.8, 4) is 0 Å². The number of hydrogen-bond donors (Lipinski definition) is 0. The molecule has 0 aliphatic carbocycles. The molecule has 5 aromatic rings. The summed E-state index contributed by atoms with van der Waals surface area (Å²) in [5.74, 6) is -1.69. The summed E-state index contributed by atoms with van der Waals surface area (Å²) in [6.45, 7) is 0. The van der Waals surface area contributed by atoms with Gasteiger partial charge in [-0.05, 0) is 97.1 Å². The Morgan fingerprint density at radius 3 is 0.778 bits per heavy atom. The van der Waals surface area contributed by atoms with Crippen LogP contribution in [0.2, 0.25) is 0 Å². The second-order valence-corrected chi connectivity index (χ2v) is 8.11. The third kappa shape index (κ3) is 4.93. The van der Waals surface area contributed by atoms with Crippen molar-refractivity contribution in [2.75, 3.05) is 9.80 Å². The van der Waals surface area contributed by atoms with Crippen LogP contribution >= 0.6 is 0 Å². The Balaban J connectivity index is 1.61. The van der Waals surface area contributed by atoms with Gasteiger partial charge in [-0.25, -0.2) is 17.6 Å². The first kappa shape index (κ1) is 23.2. The molecule has 0 fully saturated rings. The minimum atomic E-state index is -0.422. The Labute approximate surface area is 206 Å². The highest BCUT2D eigenvalue weighted by Gasteiger charge is 2.17. The molecule has 6 heteroatoms. The van der Waals surface area contributed by atoms with Crippen LogP contribution in [0.15, 0.2) is 121 Å². The Morgan fingerprint density at radius 1 is 0.306 bits per heavy atom. The largest absolute Gasteiger partial charge is 0.310 e. The van der Waals surface area contributed by atoms with Crippen LogP contribution in [0.3, 0.4) is 0 Å². The van der Waals surface area contributed by atoms with Gasteiger partial charge in [0.1, 0.15) is 23.3 Å². The maximum absolute atomic E-state index is 14.1. The lowest BCUT2D eigenvalue weighted by atomic mass is 10.1. The van der Waals surface area contributed by atoms with E-state index in [0.717, 1.165) is 0 Å². The summed E-state index contributed by atoms with van der Waals surface area (Å²) in [6.07, 6.45) is 0. The molecule has 0 bridgehead atoms. The van der Waals surface area contributed by atoms with E-state index in [1.165, 1.54) is 48.5 Å². The predicted molar refractivity (Wildman–Crippen MR) is 136 cm³/mol. The molecule has 0 N–H and O–H groups in total. The zero-order valence-electron chi connectivity index (χ0n) is 19.0. The molecule has 0 heterocycles. The molecule has 36 heavy (non-hydrogen) atoms. The van der Waals surface area contributed by atoms with Gasteiger partial charge in [-0.1, -0.05) is 24.3 Å². The first-order valence-electron chi connectivity index (χ1n) is 11.2. The van der Waals surface area contributed by atoms with Gasteiger partial charge in [0.05, 0.1) is 0 Å². The Hall–Kier alpha value is -4.58. The van der Waals surface area contributed by atoms with Crippen LogP contribution in [0, 0.1) is 23.3 Å². The van der Waals surface area contributed by atoms with Gasteiger partial charge in [0.25, 0.3) is 0 Å². The van der Waals surface area contributed by atoms with Gasteiger partial charge in [-0.15, -0.1) is 0 Å². The first-order chi connectivity index (χ1) is 17.5. The van der Waals surface area contributed by atoms with Crippen LogP contribution in [0.5, 0.6) is 0 Å². The average Bonchev–Trinajstić information content (AvgIpc) is 2.86. The number of nitrogens with zero attached hydrogens (tertiary/aromatic N) is 2. The molecule has 5 rings (SSSR count). The van der Waals surface area contributed by atoms with Gasteiger partial charge in [0.15, 0.2) is 0 Å². The summed E-state index contributed by atoms with van der Waals surface area (Å²) >= 11 is 0. The van der Waals surface area contributed by atoms with Crippen LogP contribution < -0.4 is 9.80 Å². The molecule has 178 valence electrons. The lowest BCUT2D eigenvalue weighted by molar-refractivity contribution is 0.626. The molecule has 0 saturated heterocycles. The lowest BCUT2D eigenvalue weighted by Crippen LogP contribution is -2.12. The summed E-state index contributed by atoms with van der Waals surface area (Å²) in [7, 11) is 0. The lowest BCUT2D eigenvalue weighted by Gasteiger charge is -2.28. The van der Waals surface area contributed by atoms with E-state index in [9.17, 15) is 17.6 Å². The van der Waals surface area contributed by atoms with Gasteiger partial charge in [-0.3, -0.25) is 0 Å². The molecule has 0 saturated carbocycles. The zero-order valence-corrected chi connectivity index (χ0v) is 19.0. The molecule has 0 aliphatic heterocycles. The fraction of sp³-hybridized carbons (Fsp3) is 0. The van der Waals surface area contributed by atoms with Crippen LogP contribution in [-0.2, 0) is 0 Å². The highest BCUT2D eigenvalue weighted by molar-refractivity contribution is 5.81. The number of rotatable bonds is 6. The fourth-order valence-corrected chi connectivity index (χ4v) is 4.11. The van der Waals surface area contributed by atoms with Crippen LogP contribution in [0.4, 0.5) is 51.7 Å². The van der Waals surface area contributed by atoms with Crippen molar-refractivity contribution in [3.63, 3.8) is 0 Å². The molecule has 0 unspecified atom stereocenters. The first-order valence-corrected chi connectivity index (χ1v) is 11.2. The second-order valence-electron chi connectivity index (χ2n) is 8.11.